The van der Waals surface area contributed by atoms with E-state index in [4.69, 9.17) is 4.74 Å². The number of hydrogen-bond donors (Lipinski definition) is 1. The molecule has 3 heteroatoms. The van der Waals surface area contributed by atoms with Crippen LogP contribution in [0.3, 0.4) is 0 Å². The van der Waals surface area contributed by atoms with Crippen molar-refractivity contribution in [2.75, 3.05) is 13.2 Å². The Hall–Kier alpha value is -0.380. The SMILES string of the molecule is CCOC1CC2(C1)NCCc1ccsc12. The summed E-state index contributed by atoms with van der Waals surface area (Å²) in [7, 11) is 0. The van der Waals surface area contributed by atoms with Crippen LogP contribution >= 0.6 is 11.3 Å². The van der Waals surface area contributed by atoms with Gasteiger partial charge in [0.2, 0.25) is 0 Å². The number of hydrogen-bond acceptors (Lipinski definition) is 3. The summed E-state index contributed by atoms with van der Waals surface area (Å²) in [5, 5.41) is 5.92. The molecule has 1 aliphatic heterocycles. The van der Waals surface area contributed by atoms with Gasteiger partial charge >= 0.3 is 0 Å². The van der Waals surface area contributed by atoms with E-state index in [1.54, 1.807) is 10.4 Å². The van der Waals surface area contributed by atoms with E-state index in [2.05, 4.69) is 23.7 Å². The van der Waals surface area contributed by atoms with Crippen molar-refractivity contribution in [2.45, 2.75) is 37.8 Å². The van der Waals surface area contributed by atoms with Crippen molar-refractivity contribution in [1.29, 1.82) is 0 Å². The molecule has 0 unspecified atom stereocenters. The first kappa shape index (κ1) is 9.82. The second kappa shape index (κ2) is 3.58. The Morgan fingerprint density at radius 3 is 3.27 bits per heavy atom. The average molecular weight is 223 g/mol. The van der Waals surface area contributed by atoms with Gasteiger partial charge in [-0.25, -0.2) is 0 Å². The van der Waals surface area contributed by atoms with Gasteiger partial charge < -0.3 is 10.1 Å². The first-order chi connectivity index (χ1) is 7.34. The van der Waals surface area contributed by atoms with E-state index >= 15 is 0 Å². The highest BCUT2D eigenvalue weighted by Gasteiger charge is 2.48. The van der Waals surface area contributed by atoms with Crippen molar-refractivity contribution >= 4 is 11.3 Å². The van der Waals surface area contributed by atoms with Crippen LogP contribution in [0, 0.1) is 0 Å². The topological polar surface area (TPSA) is 21.3 Å². The summed E-state index contributed by atoms with van der Waals surface area (Å²) in [6.07, 6.45) is 4.00. The second-order valence-corrected chi connectivity index (χ2v) is 5.44. The lowest BCUT2D eigenvalue weighted by atomic mass is 9.70. The lowest BCUT2D eigenvalue weighted by Gasteiger charge is -2.50. The van der Waals surface area contributed by atoms with E-state index in [1.807, 2.05) is 11.3 Å². The van der Waals surface area contributed by atoms with Crippen LogP contribution in [0.2, 0.25) is 0 Å². The molecule has 0 atom stereocenters. The molecule has 1 aromatic heterocycles. The van der Waals surface area contributed by atoms with Gasteiger partial charge in [-0.1, -0.05) is 0 Å². The zero-order valence-electron chi connectivity index (χ0n) is 9.08. The fourth-order valence-corrected chi connectivity index (χ4v) is 4.02. The second-order valence-electron chi connectivity index (χ2n) is 4.52. The molecule has 1 aromatic rings. The minimum atomic E-state index is 0.279. The van der Waals surface area contributed by atoms with Crippen LogP contribution in [0.25, 0.3) is 0 Å². The summed E-state index contributed by atoms with van der Waals surface area (Å²) in [5.74, 6) is 0. The maximum atomic E-state index is 5.66. The quantitative estimate of drug-likeness (QED) is 0.830. The fourth-order valence-electron chi connectivity index (χ4n) is 2.87. The number of thiophene rings is 1. The first-order valence-electron chi connectivity index (χ1n) is 5.77. The molecule has 82 valence electrons. The molecule has 1 spiro atoms. The molecule has 3 rings (SSSR count). The van der Waals surface area contributed by atoms with Crippen molar-refractivity contribution in [1.82, 2.24) is 5.32 Å². The molecule has 0 radical (unpaired) electrons. The maximum Gasteiger partial charge on any atom is 0.0617 e. The summed E-state index contributed by atoms with van der Waals surface area (Å²) in [5.41, 5.74) is 1.84. The van der Waals surface area contributed by atoms with Gasteiger partial charge in [0.25, 0.3) is 0 Å². The maximum absolute atomic E-state index is 5.66. The number of fused-ring (bicyclic) bond motifs is 2. The summed E-state index contributed by atoms with van der Waals surface area (Å²) < 4.78 is 5.66. The molecule has 1 saturated carbocycles. The van der Waals surface area contributed by atoms with Gasteiger partial charge in [-0.2, -0.15) is 0 Å². The Balaban J connectivity index is 1.80. The van der Waals surface area contributed by atoms with E-state index in [0.29, 0.717) is 6.10 Å². The fraction of sp³-hybridized carbons (Fsp3) is 0.667. The molecule has 0 bridgehead atoms. The van der Waals surface area contributed by atoms with E-state index < -0.39 is 0 Å². The molecule has 1 aliphatic carbocycles. The predicted molar refractivity (Wildman–Crippen MR) is 62.4 cm³/mol. The van der Waals surface area contributed by atoms with E-state index in [0.717, 1.165) is 26.0 Å². The van der Waals surface area contributed by atoms with Crippen LogP contribution in [0.5, 0.6) is 0 Å². The van der Waals surface area contributed by atoms with E-state index in [9.17, 15) is 0 Å². The lowest BCUT2D eigenvalue weighted by molar-refractivity contribution is -0.0542. The minimum Gasteiger partial charge on any atom is -0.378 e. The molecule has 1 N–H and O–H groups in total. The zero-order valence-corrected chi connectivity index (χ0v) is 9.90. The van der Waals surface area contributed by atoms with Crippen LogP contribution < -0.4 is 5.32 Å². The van der Waals surface area contributed by atoms with Crippen molar-refractivity contribution in [3.05, 3.63) is 21.9 Å². The third-order valence-electron chi connectivity index (χ3n) is 3.59. The third kappa shape index (κ3) is 1.45. The molecular weight excluding hydrogens is 206 g/mol. The largest absolute Gasteiger partial charge is 0.378 e. The summed E-state index contributed by atoms with van der Waals surface area (Å²) >= 11 is 1.91. The van der Waals surface area contributed by atoms with Gasteiger partial charge in [-0.3, -0.25) is 0 Å². The molecule has 1 fully saturated rings. The molecule has 2 nitrogen and oxygen atoms in total. The van der Waals surface area contributed by atoms with Gasteiger partial charge in [-0.15, -0.1) is 11.3 Å². The van der Waals surface area contributed by atoms with Crippen molar-refractivity contribution in [2.24, 2.45) is 0 Å². The Morgan fingerprint density at radius 2 is 2.47 bits per heavy atom. The lowest BCUT2D eigenvalue weighted by Crippen LogP contribution is -2.57. The smallest absolute Gasteiger partial charge is 0.0617 e. The highest BCUT2D eigenvalue weighted by Crippen LogP contribution is 2.48. The standard InChI is InChI=1S/C12H17NOS/c1-2-14-10-7-12(8-10)11-9(3-5-13-12)4-6-15-11/h4,6,10,13H,2-3,5,7-8H2,1H3. The van der Waals surface area contributed by atoms with E-state index in [-0.39, 0.29) is 5.54 Å². The monoisotopic (exact) mass is 223 g/mol. The molecule has 0 amide bonds. The van der Waals surface area contributed by atoms with Gasteiger partial charge in [0.1, 0.15) is 0 Å². The Bertz CT molecular complexity index is 354. The minimum absolute atomic E-state index is 0.279. The molecule has 0 saturated heterocycles. The van der Waals surface area contributed by atoms with Gasteiger partial charge in [0, 0.05) is 18.0 Å². The van der Waals surface area contributed by atoms with Crippen molar-refractivity contribution in [3.8, 4) is 0 Å². The Morgan fingerprint density at radius 1 is 1.60 bits per heavy atom. The molecule has 0 aromatic carbocycles. The summed E-state index contributed by atoms with van der Waals surface area (Å²) in [6, 6.07) is 2.29. The van der Waals surface area contributed by atoms with Crippen molar-refractivity contribution in [3.63, 3.8) is 0 Å². The predicted octanol–water partition coefficient (Wildman–Crippen LogP) is 2.29. The summed E-state index contributed by atoms with van der Waals surface area (Å²) in [6.45, 7) is 4.05. The molecule has 2 aliphatic rings. The van der Waals surface area contributed by atoms with Crippen LogP contribution in [0.4, 0.5) is 0 Å². The van der Waals surface area contributed by atoms with Crippen LogP contribution in [-0.2, 0) is 16.7 Å². The molecule has 2 heterocycles. The number of nitrogens with one attached hydrogen (secondary N) is 1. The Kier molecular flexibility index (Phi) is 2.34. The molecular formula is C12H17NOS. The van der Waals surface area contributed by atoms with Crippen LogP contribution in [-0.4, -0.2) is 19.3 Å². The van der Waals surface area contributed by atoms with Gasteiger partial charge in [-0.05, 0) is 43.2 Å². The van der Waals surface area contributed by atoms with Crippen molar-refractivity contribution < 1.29 is 4.74 Å². The molecule has 15 heavy (non-hydrogen) atoms. The number of ether oxygens (including phenoxy) is 1. The third-order valence-corrected chi connectivity index (χ3v) is 4.75. The van der Waals surface area contributed by atoms with E-state index in [1.165, 1.54) is 6.42 Å². The van der Waals surface area contributed by atoms with Gasteiger partial charge in [0.15, 0.2) is 0 Å². The van der Waals surface area contributed by atoms with Gasteiger partial charge in [0.05, 0.1) is 11.6 Å². The first-order valence-corrected chi connectivity index (χ1v) is 6.65. The summed E-state index contributed by atoms with van der Waals surface area (Å²) in [4.78, 5) is 1.57. The van der Waals surface area contributed by atoms with Crippen LogP contribution in [0.15, 0.2) is 11.4 Å². The highest BCUT2D eigenvalue weighted by molar-refractivity contribution is 7.10. The zero-order chi connectivity index (χ0) is 10.3. The average Bonchev–Trinajstić information content (AvgIpc) is 2.64. The van der Waals surface area contributed by atoms with Crippen LogP contribution in [0.1, 0.15) is 30.2 Å². The Labute approximate surface area is 94.6 Å². The number of rotatable bonds is 2. The normalized spacial score (nSPS) is 33.8. The highest BCUT2D eigenvalue weighted by atomic mass is 32.1.